The first kappa shape index (κ1) is 12.9. The number of fused-ring (bicyclic) bond motifs is 1. The molecule has 0 saturated heterocycles. The quantitative estimate of drug-likeness (QED) is 0.881. The Kier molecular flexibility index (Phi) is 3.69. The topological polar surface area (TPSA) is 29.1 Å². The number of hydrogen-bond donors (Lipinski definition) is 1. The SMILES string of the molecule is CC1CCC(C(=O)C2CNCc3ccccc32)CC1. The van der Waals surface area contributed by atoms with E-state index in [4.69, 9.17) is 0 Å². The van der Waals surface area contributed by atoms with Crippen LogP contribution in [0.15, 0.2) is 24.3 Å². The number of hydrogen-bond acceptors (Lipinski definition) is 2. The molecule has 19 heavy (non-hydrogen) atoms. The van der Waals surface area contributed by atoms with Gasteiger partial charge < -0.3 is 5.32 Å². The number of rotatable bonds is 2. The Labute approximate surface area is 115 Å². The Morgan fingerprint density at radius 1 is 1.16 bits per heavy atom. The molecule has 1 unspecified atom stereocenters. The van der Waals surface area contributed by atoms with Crippen LogP contribution in [-0.4, -0.2) is 12.3 Å². The standard InChI is InChI=1S/C17H23NO/c1-12-6-8-13(9-7-12)17(19)16-11-18-10-14-4-2-3-5-15(14)16/h2-5,12-13,16,18H,6-11H2,1H3. The lowest BCUT2D eigenvalue weighted by Crippen LogP contribution is -2.36. The zero-order valence-corrected chi connectivity index (χ0v) is 11.7. The smallest absolute Gasteiger partial charge is 0.144 e. The van der Waals surface area contributed by atoms with Crippen LogP contribution in [0.2, 0.25) is 0 Å². The van der Waals surface area contributed by atoms with Gasteiger partial charge in [-0.05, 0) is 29.9 Å². The Hall–Kier alpha value is -1.15. The molecule has 0 aromatic heterocycles. The van der Waals surface area contributed by atoms with Crippen molar-refractivity contribution in [2.45, 2.75) is 45.1 Å². The second-order valence-electron chi connectivity index (χ2n) is 6.24. The molecule has 1 aliphatic heterocycles. The van der Waals surface area contributed by atoms with Gasteiger partial charge in [-0.2, -0.15) is 0 Å². The maximum absolute atomic E-state index is 12.8. The van der Waals surface area contributed by atoms with Crippen molar-refractivity contribution in [2.24, 2.45) is 11.8 Å². The summed E-state index contributed by atoms with van der Waals surface area (Å²) in [6.07, 6.45) is 4.63. The first-order chi connectivity index (χ1) is 9.25. The lowest BCUT2D eigenvalue weighted by Gasteiger charge is -2.31. The van der Waals surface area contributed by atoms with Crippen molar-refractivity contribution >= 4 is 5.78 Å². The third-order valence-electron chi connectivity index (χ3n) is 4.86. The van der Waals surface area contributed by atoms with Crippen LogP contribution in [0.5, 0.6) is 0 Å². The van der Waals surface area contributed by atoms with Gasteiger partial charge in [0.25, 0.3) is 0 Å². The van der Waals surface area contributed by atoms with Crippen LogP contribution in [-0.2, 0) is 11.3 Å². The predicted octanol–water partition coefficient (Wildman–Crippen LogP) is 3.27. The summed E-state index contributed by atoms with van der Waals surface area (Å²) in [6.45, 7) is 4.03. The number of carbonyl (C=O) groups excluding carboxylic acids is 1. The molecule has 0 radical (unpaired) electrons. The predicted molar refractivity (Wildman–Crippen MR) is 77.0 cm³/mol. The minimum absolute atomic E-state index is 0.0864. The Morgan fingerprint density at radius 3 is 2.68 bits per heavy atom. The highest BCUT2D eigenvalue weighted by Crippen LogP contribution is 2.34. The van der Waals surface area contributed by atoms with Crippen molar-refractivity contribution in [1.82, 2.24) is 5.32 Å². The molecular formula is C17H23NO. The highest BCUT2D eigenvalue weighted by Gasteiger charge is 2.32. The van der Waals surface area contributed by atoms with E-state index in [1.807, 2.05) is 0 Å². The fourth-order valence-electron chi connectivity index (χ4n) is 3.58. The van der Waals surface area contributed by atoms with Crippen LogP contribution in [0.25, 0.3) is 0 Å². The molecule has 3 rings (SSSR count). The number of Topliss-reactive ketones (excluding diaryl/α,β-unsaturated/α-hetero) is 1. The van der Waals surface area contributed by atoms with E-state index in [1.165, 1.54) is 24.0 Å². The van der Waals surface area contributed by atoms with Gasteiger partial charge in [-0.1, -0.05) is 44.0 Å². The van der Waals surface area contributed by atoms with Gasteiger partial charge in [-0.3, -0.25) is 4.79 Å². The summed E-state index contributed by atoms with van der Waals surface area (Å²) in [5, 5.41) is 3.40. The third kappa shape index (κ3) is 2.59. The van der Waals surface area contributed by atoms with E-state index < -0.39 is 0 Å². The second kappa shape index (κ2) is 5.46. The van der Waals surface area contributed by atoms with Gasteiger partial charge in [-0.25, -0.2) is 0 Å². The Balaban J connectivity index is 1.78. The molecule has 2 nitrogen and oxygen atoms in total. The van der Waals surface area contributed by atoms with E-state index in [-0.39, 0.29) is 5.92 Å². The zero-order valence-electron chi connectivity index (χ0n) is 11.7. The minimum atomic E-state index is 0.0864. The number of carbonyl (C=O) groups is 1. The van der Waals surface area contributed by atoms with E-state index in [0.29, 0.717) is 11.7 Å². The van der Waals surface area contributed by atoms with Crippen molar-refractivity contribution in [3.8, 4) is 0 Å². The molecule has 1 aliphatic carbocycles. The summed E-state index contributed by atoms with van der Waals surface area (Å²) in [5.41, 5.74) is 2.57. The number of benzene rings is 1. The van der Waals surface area contributed by atoms with Crippen LogP contribution < -0.4 is 5.32 Å². The van der Waals surface area contributed by atoms with Crippen molar-refractivity contribution in [3.63, 3.8) is 0 Å². The summed E-state index contributed by atoms with van der Waals surface area (Å²) >= 11 is 0. The lowest BCUT2D eigenvalue weighted by molar-refractivity contribution is -0.125. The van der Waals surface area contributed by atoms with Crippen molar-refractivity contribution in [2.75, 3.05) is 6.54 Å². The molecule has 0 bridgehead atoms. The van der Waals surface area contributed by atoms with Crippen LogP contribution >= 0.6 is 0 Å². The van der Waals surface area contributed by atoms with E-state index in [1.54, 1.807) is 0 Å². The van der Waals surface area contributed by atoms with Crippen LogP contribution in [0, 0.1) is 11.8 Å². The second-order valence-corrected chi connectivity index (χ2v) is 6.24. The first-order valence-electron chi connectivity index (χ1n) is 7.58. The minimum Gasteiger partial charge on any atom is -0.312 e. The van der Waals surface area contributed by atoms with Crippen molar-refractivity contribution in [3.05, 3.63) is 35.4 Å². The van der Waals surface area contributed by atoms with Crippen LogP contribution in [0.3, 0.4) is 0 Å². The molecule has 1 atom stereocenters. The monoisotopic (exact) mass is 257 g/mol. The first-order valence-corrected chi connectivity index (χ1v) is 7.58. The van der Waals surface area contributed by atoms with Gasteiger partial charge in [0, 0.05) is 19.0 Å². The molecule has 1 aromatic rings. The van der Waals surface area contributed by atoms with Gasteiger partial charge in [0.2, 0.25) is 0 Å². The van der Waals surface area contributed by atoms with Crippen molar-refractivity contribution in [1.29, 1.82) is 0 Å². The molecular weight excluding hydrogens is 234 g/mol. The average molecular weight is 257 g/mol. The van der Waals surface area contributed by atoms with E-state index in [9.17, 15) is 4.79 Å². The molecule has 0 spiro atoms. The fourth-order valence-corrected chi connectivity index (χ4v) is 3.58. The molecule has 102 valence electrons. The van der Waals surface area contributed by atoms with Crippen molar-refractivity contribution < 1.29 is 4.79 Å². The largest absolute Gasteiger partial charge is 0.312 e. The number of nitrogens with one attached hydrogen (secondary N) is 1. The molecule has 0 amide bonds. The Bertz CT molecular complexity index is 460. The van der Waals surface area contributed by atoms with Crippen LogP contribution in [0.1, 0.15) is 49.7 Å². The lowest BCUT2D eigenvalue weighted by atomic mass is 9.75. The summed E-state index contributed by atoms with van der Waals surface area (Å²) in [4.78, 5) is 12.8. The van der Waals surface area contributed by atoms with Gasteiger partial charge in [0.05, 0.1) is 5.92 Å². The van der Waals surface area contributed by atoms with Gasteiger partial charge in [0.15, 0.2) is 0 Å². The highest BCUT2D eigenvalue weighted by molar-refractivity contribution is 5.88. The highest BCUT2D eigenvalue weighted by atomic mass is 16.1. The van der Waals surface area contributed by atoms with E-state index >= 15 is 0 Å². The maximum atomic E-state index is 12.8. The summed E-state index contributed by atoms with van der Waals surface area (Å²) < 4.78 is 0. The van der Waals surface area contributed by atoms with Gasteiger partial charge in [-0.15, -0.1) is 0 Å². The van der Waals surface area contributed by atoms with E-state index in [2.05, 4.69) is 36.5 Å². The molecule has 1 heterocycles. The summed E-state index contributed by atoms with van der Waals surface area (Å²) in [5.74, 6) is 1.67. The third-order valence-corrected chi connectivity index (χ3v) is 4.86. The molecule has 1 aromatic carbocycles. The summed E-state index contributed by atoms with van der Waals surface area (Å²) in [6, 6.07) is 8.41. The molecule has 1 saturated carbocycles. The van der Waals surface area contributed by atoms with Crippen LogP contribution in [0.4, 0.5) is 0 Å². The average Bonchev–Trinajstić information content (AvgIpc) is 2.47. The molecule has 2 aliphatic rings. The molecule has 1 fully saturated rings. The molecule has 2 heteroatoms. The fraction of sp³-hybridized carbons (Fsp3) is 0.588. The van der Waals surface area contributed by atoms with E-state index in [0.717, 1.165) is 31.8 Å². The van der Waals surface area contributed by atoms with Gasteiger partial charge in [0.1, 0.15) is 5.78 Å². The maximum Gasteiger partial charge on any atom is 0.144 e. The molecule has 1 N–H and O–H groups in total. The summed E-state index contributed by atoms with van der Waals surface area (Å²) in [7, 11) is 0. The zero-order chi connectivity index (χ0) is 13.2. The number of ketones is 1. The van der Waals surface area contributed by atoms with Gasteiger partial charge >= 0.3 is 0 Å². The Morgan fingerprint density at radius 2 is 1.89 bits per heavy atom. The normalized spacial score (nSPS) is 30.7.